The second kappa shape index (κ2) is 6.36. The van der Waals surface area contributed by atoms with Crippen LogP contribution in [0.1, 0.15) is 33.6 Å². The van der Waals surface area contributed by atoms with E-state index in [4.69, 9.17) is 5.50 Å². The van der Waals surface area contributed by atoms with Crippen LogP contribution in [0.2, 0.25) is 0 Å². The maximum Gasteiger partial charge on any atom is 0.252 e. The topological polar surface area (TPSA) is 43.1 Å². The van der Waals surface area contributed by atoms with Gasteiger partial charge in [-0.25, -0.2) is 0 Å². The molecule has 0 fully saturated rings. The predicted octanol–water partition coefficient (Wildman–Crippen LogP) is 3.73. The third-order valence-electron chi connectivity index (χ3n) is 1.38. The molecular formula is C7H18NOPS2. The molecule has 0 aromatic rings. The molecule has 0 spiro atoms. The average molecular weight is 227 g/mol. The molecular weight excluding hydrogens is 209 g/mol. The SMILES string of the molecule is CCCSP(N)(=O)SC(C)CC. The molecule has 0 saturated carbocycles. The van der Waals surface area contributed by atoms with Crippen molar-refractivity contribution in [1.82, 2.24) is 0 Å². The lowest BCUT2D eigenvalue weighted by Crippen LogP contribution is -1.96. The smallest absolute Gasteiger partial charge is 0.252 e. The van der Waals surface area contributed by atoms with E-state index < -0.39 is 5.70 Å². The van der Waals surface area contributed by atoms with Crippen molar-refractivity contribution in [2.24, 2.45) is 5.50 Å². The van der Waals surface area contributed by atoms with E-state index in [-0.39, 0.29) is 0 Å². The summed E-state index contributed by atoms with van der Waals surface area (Å²) >= 11 is 2.86. The highest BCUT2D eigenvalue weighted by molar-refractivity contribution is 8.90. The summed E-state index contributed by atoms with van der Waals surface area (Å²) in [5.74, 6) is 0.900. The summed E-state index contributed by atoms with van der Waals surface area (Å²) < 4.78 is 11.6. The van der Waals surface area contributed by atoms with Gasteiger partial charge in [0, 0.05) is 11.0 Å². The Balaban J connectivity index is 3.78. The highest BCUT2D eigenvalue weighted by Crippen LogP contribution is 2.64. The van der Waals surface area contributed by atoms with Crippen molar-refractivity contribution in [3.05, 3.63) is 0 Å². The van der Waals surface area contributed by atoms with E-state index in [0.717, 1.165) is 18.6 Å². The largest absolute Gasteiger partial charge is 0.283 e. The molecule has 0 radical (unpaired) electrons. The molecule has 2 unspecified atom stereocenters. The Morgan fingerprint density at radius 1 is 1.50 bits per heavy atom. The van der Waals surface area contributed by atoms with Crippen LogP contribution in [-0.2, 0) is 4.57 Å². The first-order valence-electron chi connectivity index (χ1n) is 4.23. The van der Waals surface area contributed by atoms with Gasteiger partial charge in [-0.05, 0) is 12.8 Å². The quantitative estimate of drug-likeness (QED) is 0.702. The van der Waals surface area contributed by atoms with Gasteiger partial charge >= 0.3 is 0 Å². The van der Waals surface area contributed by atoms with Crippen molar-refractivity contribution in [3.63, 3.8) is 0 Å². The molecule has 0 saturated heterocycles. The Kier molecular flexibility index (Phi) is 6.83. The predicted molar refractivity (Wildman–Crippen MR) is 61.9 cm³/mol. The second-order valence-electron chi connectivity index (χ2n) is 2.70. The van der Waals surface area contributed by atoms with E-state index in [1.165, 1.54) is 22.8 Å². The monoisotopic (exact) mass is 227 g/mol. The van der Waals surface area contributed by atoms with Crippen molar-refractivity contribution < 1.29 is 4.57 Å². The van der Waals surface area contributed by atoms with Gasteiger partial charge in [0.05, 0.1) is 0 Å². The zero-order chi connectivity index (χ0) is 9.61. The van der Waals surface area contributed by atoms with Gasteiger partial charge in [0.1, 0.15) is 0 Å². The van der Waals surface area contributed by atoms with Gasteiger partial charge in [0.2, 0.25) is 0 Å². The van der Waals surface area contributed by atoms with Crippen molar-refractivity contribution in [2.75, 3.05) is 5.75 Å². The van der Waals surface area contributed by atoms with Crippen LogP contribution in [0.5, 0.6) is 0 Å². The second-order valence-corrected chi connectivity index (χ2v) is 10.8. The van der Waals surface area contributed by atoms with E-state index in [2.05, 4.69) is 20.8 Å². The van der Waals surface area contributed by atoms with Crippen LogP contribution in [0, 0.1) is 0 Å². The van der Waals surface area contributed by atoms with Gasteiger partial charge < -0.3 is 0 Å². The molecule has 0 heterocycles. The molecule has 2 atom stereocenters. The lowest BCUT2D eigenvalue weighted by molar-refractivity contribution is 0.594. The van der Waals surface area contributed by atoms with E-state index in [1.807, 2.05) is 0 Å². The average Bonchev–Trinajstić information content (AvgIpc) is 2.00. The van der Waals surface area contributed by atoms with Crippen molar-refractivity contribution >= 4 is 28.5 Å². The van der Waals surface area contributed by atoms with Gasteiger partial charge in [-0.3, -0.25) is 10.1 Å². The van der Waals surface area contributed by atoms with E-state index in [9.17, 15) is 4.57 Å². The molecule has 2 nitrogen and oxygen atoms in total. The van der Waals surface area contributed by atoms with Gasteiger partial charge in [-0.2, -0.15) is 0 Å². The molecule has 0 bridgehead atoms. The molecule has 0 aliphatic carbocycles. The zero-order valence-electron chi connectivity index (χ0n) is 7.95. The highest BCUT2D eigenvalue weighted by Gasteiger charge is 2.19. The van der Waals surface area contributed by atoms with Crippen LogP contribution in [-0.4, -0.2) is 11.0 Å². The summed E-state index contributed by atoms with van der Waals surface area (Å²) in [5, 5.41) is 0.408. The third kappa shape index (κ3) is 6.41. The Labute approximate surface area is 83.4 Å². The van der Waals surface area contributed by atoms with Gasteiger partial charge in [-0.15, -0.1) is 0 Å². The molecule has 0 amide bonds. The minimum absolute atomic E-state index is 0.408. The van der Waals surface area contributed by atoms with Crippen molar-refractivity contribution in [1.29, 1.82) is 0 Å². The molecule has 0 aliphatic heterocycles. The Hall–Kier alpha value is 0.890. The van der Waals surface area contributed by atoms with Gasteiger partial charge in [0.15, 0.2) is 0 Å². The summed E-state index contributed by atoms with van der Waals surface area (Å²) in [5.41, 5.74) is 3.21. The summed E-state index contributed by atoms with van der Waals surface area (Å²) in [6.45, 7) is 6.22. The first-order valence-corrected chi connectivity index (χ1v) is 9.08. The first-order chi connectivity index (χ1) is 5.52. The van der Waals surface area contributed by atoms with Crippen molar-refractivity contribution in [2.45, 2.75) is 38.9 Å². The fourth-order valence-electron chi connectivity index (χ4n) is 0.574. The standard InChI is InChI=1S/C7H18NOPS2/c1-4-6-11-10(8,9)12-7(3)5-2/h7H,4-6H2,1-3H3,(H2,8,9). The normalized spacial score (nSPS) is 18.7. The van der Waals surface area contributed by atoms with Gasteiger partial charge in [-0.1, -0.05) is 43.5 Å². The van der Waals surface area contributed by atoms with E-state index >= 15 is 0 Å². The fourth-order valence-corrected chi connectivity index (χ4v) is 7.71. The molecule has 12 heavy (non-hydrogen) atoms. The number of hydrogen-bond acceptors (Lipinski definition) is 3. The number of rotatable bonds is 6. The minimum Gasteiger partial charge on any atom is -0.283 e. The third-order valence-corrected chi connectivity index (χ3v) is 8.63. The molecule has 5 heteroatoms. The summed E-state index contributed by atoms with van der Waals surface area (Å²) in [7, 11) is 0. The van der Waals surface area contributed by atoms with E-state index in [0.29, 0.717) is 5.25 Å². The molecule has 74 valence electrons. The number of nitrogens with two attached hydrogens (primary N) is 1. The molecule has 0 aliphatic rings. The van der Waals surface area contributed by atoms with Crippen LogP contribution in [0.25, 0.3) is 0 Å². The summed E-state index contributed by atoms with van der Waals surface area (Å²) in [6.07, 6.45) is 2.06. The molecule has 0 aromatic heterocycles. The molecule has 0 rings (SSSR count). The van der Waals surface area contributed by atoms with Crippen LogP contribution in [0.4, 0.5) is 0 Å². The molecule has 0 aromatic carbocycles. The Bertz CT molecular complexity index is 165. The number of hydrogen-bond donors (Lipinski definition) is 1. The van der Waals surface area contributed by atoms with E-state index in [1.54, 1.807) is 0 Å². The minimum atomic E-state index is -2.45. The lowest BCUT2D eigenvalue weighted by atomic mass is 10.4. The summed E-state index contributed by atoms with van der Waals surface area (Å²) in [4.78, 5) is 0. The fraction of sp³-hybridized carbons (Fsp3) is 1.00. The van der Waals surface area contributed by atoms with Crippen LogP contribution < -0.4 is 5.50 Å². The van der Waals surface area contributed by atoms with Crippen LogP contribution in [0.15, 0.2) is 0 Å². The maximum absolute atomic E-state index is 11.6. The van der Waals surface area contributed by atoms with Crippen LogP contribution >= 0.6 is 28.5 Å². The highest BCUT2D eigenvalue weighted by atomic mass is 33.1. The van der Waals surface area contributed by atoms with Crippen molar-refractivity contribution in [3.8, 4) is 0 Å². The zero-order valence-corrected chi connectivity index (χ0v) is 10.5. The maximum atomic E-state index is 11.6. The summed E-state index contributed by atoms with van der Waals surface area (Å²) in [6, 6.07) is 0. The Morgan fingerprint density at radius 2 is 2.08 bits per heavy atom. The van der Waals surface area contributed by atoms with Crippen LogP contribution in [0.3, 0.4) is 0 Å². The molecule has 2 N–H and O–H groups in total. The Morgan fingerprint density at radius 3 is 2.50 bits per heavy atom. The van der Waals surface area contributed by atoms with Gasteiger partial charge in [0.25, 0.3) is 5.70 Å². The lowest BCUT2D eigenvalue weighted by Gasteiger charge is -2.14. The first kappa shape index (κ1) is 12.9.